The first-order valence-electron chi connectivity index (χ1n) is 8.23. The number of carbonyl (C=O) groups excluding carboxylic acids is 1. The smallest absolute Gasteiger partial charge is 0.319 e. The Hall–Kier alpha value is -2.47. The molecule has 0 saturated carbocycles. The van der Waals surface area contributed by atoms with Gasteiger partial charge in [-0.05, 0) is 44.0 Å². The van der Waals surface area contributed by atoms with Gasteiger partial charge in [-0.3, -0.25) is 4.79 Å². The van der Waals surface area contributed by atoms with E-state index in [2.05, 4.69) is 10.6 Å². The van der Waals surface area contributed by atoms with Crippen LogP contribution in [0.1, 0.15) is 19.8 Å². The Balaban J connectivity index is 1.69. The van der Waals surface area contributed by atoms with Gasteiger partial charge >= 0.3 is 6.03 Å². The minimum Gasteiger partial charge on any atom is -0.492 e. The van der Waals surface area contributed by atoms with Crippen LogP contribution in [0.5, 0.6) is 5.75 Å². The Bertz CT molecular complexity index is 761. The third kappa shape index (κ3) is 6.15. The van der Waals surface area contributed by atoms with Gasteiger partial charge < -0.3 is 19.9 Å². The summed E-state index contributed by atoms with van der Waals surface area (Å²) in [6.45, 7) is 3.57. The zero-order valence-electron chi connectivity index (χ0n) is 14.1. The number of aryl methyl sites for hydroxylation is 1. The molecule has 2 rings (SSSR count). The number of benzene rings is 1. The number of anilines is 1. The van der Waals surface area contributed by atoms with Gasteiger partial charge in [-0.2, -0.15) is 0 Å². The maximum Gasteiger partial charge on any atom is 0.319 e. The highest BCUT2D eigenvalue weighted by Crippen LogP contribution is 2.27. The van der Waals surface area contributed by atoms with E-state index in [1.165, 1.54) is 6.07 Å². The van der Waals surface area contributed by atoms with Crippen molar-refractivity contribution in [3.05, 3.63) is 58.0 Å². The van der Waals surface area contributed by atoms with E-state index in [9.17, 15) is 9.59 Å². The van der Waals surface area contributed by atoms with Crippen LogP contribution in [0.2, 0.25) is 5.02 Å². The Labute approximate surface area is 151 Å². The zero-order chi connectivity index (χ0) is 18.1. The third-order valence-corrected chi connectivity index (χ3v) is 3.80. The minimum atomic E-state index is -0.294. The topological polar surface area (TPSA) is 72.4 Å². The van der Waals surface area contributed by atoms with Crippen molar-refractivity contribution in [1.82, 2.24) is 9.88 Å². The van der Waals surface area contributed by atoms with Crippen molar-refractivity contribution in [2.75, 3.05) is 18.5 Å². The van der Waals surface area contributed by atoms with Crippen LogP contribution in [0.4, 0.5) is 10.5 Å². The van der Waals surface area contributed by atoms with E-state index < -0.39 is 0 Å². The summed E-state index contributed by atoms with van der Waals surface area (Å²) in [7, 11) is 0. The van der Waals surface area contributed by atoms with Gasteiger partial charge in [-0.15, -0.1) is 0 Å². The van der Waals surface area contributed by atoms with Crippen molar-refractivity contribution >= 4 is 23.3 Å². The first-order chi connectivity index (χ1) is 12.1. The summed E-state index contributed by atoms with van der Waals surface area (Å²) >= 11 is 6.08. The average Bonchev–Trinajstić information content (AvgIpc) is 2.59. The van der Waals surface area contributed by atoms with Crippen molar-refractivity contribution in [2.24, 2.45) is 0 Å². The molecule has 1 aromatic carbocycles. The second kappa shape index (κ2) is 9.74. The summed E-state index contributed by atoms with van der Waals surface area (Å²) in [5, 5.41) is 5.96. The molecular formula is C18H22ClN3O3. The van der Waals surface area contributed by atoms with Crippen LogP contribution in [-0.2, 0) is 6.54 Å². The number of unbranched alkanes of at least 4 members (excludes halogenated alkanes) is 1. The summed E-state index contributed by atoms with van der Waals surface area (Å²) in [6, 6.07) is 9.89. The van der Waals surface area contributed by atoms with Crippen LogP contribution in [0.3, 0.4) is 0 Å². The molecule has 0 aliphatic rings. The molecule has 0 aliphatic heterocycles. The van der Waals surface area contributed by atoms with Crippen LogP contribution in [0, 0.1) is 0 Å². The molecule has 2 amide bonds. The normalized spacial score (nSPS) is 10.3. The monoisotopic (exact) mass is 363 g/mol. The number of amides is 2. The van der Waals surface area contributed by atoms with Crippen LogP contribution in [-0.4, -0.2) is 23.7 Å². The van der Waals surface area contributed by atoms with E-state index >= 15 is 0 Å². The molecule has 0 saturated heterocycles. The fourth-order valence-electron chi connectivity index (χ4n) is 2.28. The van der Waals surface area contributed by atoms with Gasteiger partial charge in [0.15, 0.2) is 0 Å². The van der Waals surface area contributed by atoms with E-state index in [0.717, 1.165) is 12.8 Å². The second-order valence-electron chi connectivity index (χ2n) is 5.40. The Morgan fingerprint density at radius 3 is 2.80 bits per heavy atom. The number of nitrogens with one attached hydrogen (secondary N) is 2. The van der Waals surface area contributed by atoms with Gasteiger partial charge in [0.1, 0.15) is 5.75 Å². The van der Waals surface area contributed by atoms with Crippen LogP contribution >= 0.6 is 11.6 Å². The van der Waals surface area contributed by atoms with Gasteiger partial charge in [-0.1, -0.05) is 17.7 Å². The minimum absolute atomic E-state index is 0.0134. The molecule has 0 bridgehead atoms. The van der Waals surface area contributed by atoms with Crippen molar-refractivity contribution in [2.45, 2.75) is 26.3 Å². The summed E-state index contributed by atoms with van der Waals surface area (Å²) in [5.74, 6) is 0.589. The molecule has 6 nitrogen and oxygen atoms in total. The number of nitrogens with zero attached hydrogens (tertiary/aromatic N) is 1. The Morgan fingerprint density at radius 2 is 2.08 bits per heavy atom. The van der Waals surface area contributed by atoms with Gasteiger partial charge in [0.2, 0.25) is 5.56 Å². The number of ether oxygens (including phenoxy) is 1. The number of urea groups is 1. The molecule has 0 fully saturated rings. The lowest BCUT2D eigenvalue weighted by Gasteiger charge is -2.10. The predicted molar refractivity (Wildman–Crippen MR) is 99.6 cm³/mol. The molecule has 7 heteroatoms. The first-order valence-corrected chi connectivity index (χ1v) is 8.60. The number of hydrogen-bond donors (Lipinski definition) is 2. The quantitative estimate of drug-likeness (QED) is 0.705. The SMILES string of the molecule is CCOc1ccc(NC(=O)NCCCCn2ccccc2=O)cc1Cl. The van der Waals surface area contributed by atoms with Crippen LogP contribution < -0.4 is 20.9 Å². The van der Waals surface area contributed by atoms with Gasteiger partial charge in [-0.25, -0.2) is 4.79 Å². The first kappa shape index (κ1) is 18.9. The zero-order valence-corrected chi connectivity index (χ0v) is 14.9. The molecule has 0 aliphatic carbocycles. The van der Waals surface area contributed by atoms with Gasteiger partial charge in [0, 0.05) is 31.0 Å². The largest absolute Gasteiger partial charge is 0.492 e. The van der Waals surface area contributed by atoms with Crippen LogP contribution in [0.15, 0.2) is 47.4 Å². The molecule has 1 heterocycles. The summed E-state index contributed by atoms with van der Waals surface area (Å²) in [6.07, 6.45) is 3.34. The van der Waals surface area contributed by atoms with Gasteiger partial charge in [0.05, 0.1) is 11.6 Å². The summed E-state index contributed by atoms with van der Waals surface area (Å²) in [5.41, 5.74) is 0.586. The number of carbonyl (C=O) groups is 1. The molecule has 134 valence electrons. The standard InChI is InChI=1S/C18H22ClN3O3/c1-2-25-16-9-8-14(13-15(16)19)21-18(24)20-10-4-6-12-22-11-5-3-7-17(22)23/h3,5,7-9,11,13H,2,4,6,10,12H2,1H3,(H2,20,21,24). The number of rotatable bonds is 8. The fraction of sp³-hybridized carbons (Fsp3) is 0.333. The molecule has 25 heavy (non-hydrogen) atoms. The number of hydrogen-bond acceptors (Lipinski definition) is 3. The average molecular weight is 364 g/mol. The van der Waals surface area contributed by atoms with E-state index in [1.54, 1.807) is 35.0 Å². The Kier molecular flexibility index (Phi) is 7.35. The van der Waals surface area contributed by atoms with E-state index in [0.29, 0.717) is 36.2 Å². The molecule has 0 spiro atoms. The summed E-state index contributed by atoms with van der Waals surface area (Å²) < 4.78 is 7.00. The summed E-state index contributed by atoms with van der Waals surface area (Å²) in [4.78, 5) is 23.4. The number of halogens is 1. The maximum absolute atomic E-state index is 11.9. The lowest BCUT2D eigenvalue weighted by atomic mass is 10.3. The lowest BCUT2D eigenvalue weighted by molar-refractivity contribution is 0.252. The number of aromatic nitrogens is 1. The molecule has 1 aromatic heterocycles. The fourth-order valence-corrected chi connectivity index (χ4v) is 2.52. The molecule has 2 N–H and O–H groups in total. The highest BCUT2D eigenvalue weighted by atomic mass is 35.5. The maximum atomic E-state index is 11.9. The lowest BCUT2D eigenvalue weighted by Crippen LogP contribution is -2.29. The molecule has 0 unspecified atom stereocenters. The van der Waals surface area contributed by atoms with E-state index in [4.69, 9.17) is 16.3 Å². The van der Waals surface area contributed by atoms with Crippen molar-refractivity contribution in [3.8, 4) is 5.75 Å². The highest BCUT2D eigenvalue weighted by Gasteiger charge is 2.05. The Morgan fingerprint density at radius 1 is 1.24 bits per heavy atom. The molecule has 2 aromatic rings. The van der Waals surface area contributed by atoms with E-state index in [1.807, 2.05) is 13.0 Å². The highest BCUT2D eigenvalue weighted by molar-refractivity contribution is 6.32. The molecule has 0 radical (unpaired) electrons. The van der Waals surface area contributed by atoms with Gasteiger partial charge in [0.25, 0.3) is 0 Å². The molecular weight excluding hydrogens is 342 g/mol. The predicted octanol–water partition coefficient (Wildman–Crippen LogP) is 3.50. The van der Waals surface area contributed by atoms with Crippen LogP contribution in [0.25, 0.3) is 0 Å². The van der Waals surface area contributed by atoms with Crippen molar-refractivity contribution in [1.29, 1.82) is 0 Å². The third-order valence-electron chi connectivity index (χ3n) is 3.50. The van der Waals surface area contributed by atoms with E-state index in [-0.39, 0.29) is 11.6 Å². The number of pyridine rings is 1. The molecule has 0 atom stereocenters. The second-order valence-corrected chi connectivity index (χ2v) is 5.81. The van der Waals surface area contributed by atoms with Crippen molar-refractivity contribution < 1.29 is 9.53 Å². The van der Waals surface area contributed by atoms with Crippen molar-refractivity contribution in [3.63, 3.8) is 0 Å².